The fraction of sp³-hybridized carbons (Fsp3) is 0.440. The summed E-state index contributed by atoms with van der Waals surface area (Å²) in [4.78, 5) is 23.8. The zero-order valence-corrected chi connectivity index (χ0v) is 20.8. The van der Waals surface area contributed by atoms with Crippen LogP contribution in [0.15, 0.2) is 36.4 Å². The number of sulfonamides is 1. The number of nitrogens with one attached hydrogen (secondary N) is 1. The Morgan fingerprint density at radius 1 is 1.14 bits per heavy atom. The average Bonchev–Trinajstić information content (AvgIpc) is 3.30. The molecule has 2 aliphatic rings. The summed E-state index contributed by atoms with van der Waals surface area (Å²) in [5, 5.41) is 3.34. The molecule has 9 nitrogen and oxygen atoms in total. The first kappa shape index (κ1) is 25.0. The van der Waals surface area contributed by atoms with Crippen LogP contribution >= 0.6 is 0 Å². The highest BCUT2D eigenvalue weighted by atomic mass is 32.2. The molecule has 4 rings (SSSR count). The molecule has 2 aromatic carbocycles. The Hall–Kier alpha value is -3.11. The van der Waals surface area contributed by atoms with Crippen molar-refractivity contribution in [3.05, 3.63) is 58.7 Å². The summed E-state index contributed by atoms with van der Waals surface area (Å²) in [7, 11) is -1.85. The molecule has 35 heavy (non-hydrogen) atoms. The van der Waals surface area contributed by atoms with Crippen LogP contribution in [0.1, 0.15) is 57.5 Å². The second-order valence-corrected chi connectivity index (χ2v) is 11.2. The Kier molecular flexibility index (Phi) is 7.32. The molecule has 0 spiro atoms. The van der Waals surface area contributed by atoms with Gasteiger partial charge in [0.1, 0.15) is 12.4 Å². The Morgan fingerprint density at radius 3 is 2.43 bits per heavy atom. The number of ether oxygens (including phenoxy) is 2. The number of hydrogen-bond acceptors (Lipinski definition) is 7. The van der Waals surface area contributed by atoms with E-state index < -0.39 is 21.9 Å². The molecular formula is C25H31N3O6S. The van der Waals surface area contributed by atoms with Gasteiger partial charge in [0.2, 0.25) is 10.0 Å². The maximum atomic E-state index is 12.2. The third kappa shape index (κ3) is 5.28. The number of amides is 1. The lowest BCUT2D eigenvalue weighted by atomic mass is 9.81. The summed E-state index contributed by atoms with van der Waals surface area (Å²) < 4.78 is 36.8. The zero-order chi connectivity index (χ0) is 25.2. The number of rotatable bonds is 8. The minimum Gasteiger partial charge on any atom is -0.489 e. The lowest BCUT2D eigenvalue weighted by Gasteiger charge is -2.34. The highest BCUT2D eigenvalue weighted by Gasteiger charge is 2.36. The average molecular weight is 502 g/mol. The molecule has 1 atom stereocenters. The first-order chi connectivity index (χ1) is 16.7. The third-order valence-corrected chi connectivity index (χ3v) is 8.79. The predicted octanol–water partition coefficient (Wildman–Crippen LogP) is 2.72. The van der Waals surface area contributed by atoms with Crippen LogP contribution in [0.3, 0.4) is 0 Å². The molecule has 0 radical (unpaired) electrons. The summed E-state index contributed by atoms with van der Waals surface area (Å²) in [5.41, 5.74) is 9.09. The number of methoxy groups -OCH3 is 1. The first-order valence-electron chi connectivity index (χ1n) is 11.7. The van der Waals surface area contributed by atoms with Crippen LogP contribution in [0.25, 0.3) is 0 Å². The molecule has 2 aromatic rings. The summed E-state index contributed by atoms with van der Waals surface area (Å²) >= 11 is 0. The minimum absolute atomic E-state index is 0.111. The highest BCUT2D eigenvalue weighted by Crippen LogP contribution is 2.44. The van der Waals surface area contributed by atoms with E-state index in [0.717, 1.165) is 29.7 Å². The highest BCUT2D eigenvalue weighted by molar-refractivity contribution is 7.89. The van der Waals surface area contributed by atoms with E-state index in [1.165, 1.54) is 7.11 Å². The van der Waals surface area contributed by atoms with Crippen molar-refractivity contribution in [3.8, 4) is 5.75 Å². The summed E-state index contributed by atoms with van der Waals surface area (Å²) in [6.45, 7) is 3.60. The molecule has 0 bridgehead atoms. The van der Waals surface area contributed by atoms with Crippen LogP contribution in [0.4, 0.5) is 5.69 Å². The van der Waals surface area contributed by atoms with E-state index in [0.29, 0.717) is 36.5 Å². The number of carbonyl (C=O) groups is 2. The van der Waals surface area contributed by atoms with Gasteiger partial charge in [-0.15, -0.1) is 0 Å². The van der Waals surface area contributed by atoms with Crippen molar-refractivity contribution < 1.29 is 27.5 Å². The van der Waals surface area contributed by atoms with E-state index in [-0.39, 0.29) is 24.2 Å². The van der Waals surface area contributed by atoms with Crippen LogP contribution in [0.5, 0.6) is 5.75 Å². The number of nitrogens with two attached hydrogens (primary N) is 1. The number of anilines is 1. The van der Waals surface area contributed by atoms with E-state index in [2.05, 4.69) is 5.32 Å². The van der Waals surface area contributed by atoms with Gasteiger partial charge in [-0.3, -0.25) is 4.79 Å². The number of benzene rings is 2. The molecule has 188 valence electrons. The number of esters is 1. The molecule has 1 saturated heterocycles. The summed E-state index contributed by atoms with van der Waals surface area (Å²) in [5.74, 6) is 0.130. The summed E-state index contributed by atoms with van der Waals surface area (Å²) in [6.07, 6.45) is 1.52. The zero-order valence-electron chi connectivity index (χ0n) is 20.0. The van der Waals surface area contributed by atoms with Gasteiger partial charge in [0, 0.05) is 25.6 Å². The van der Waals surface area contributed by atoms with Gasteiger partial charge < -0.3 is 20.5 Å². The van der Waals surface area contributed by atoms with E-state index in [1.807, 2.05) is 6.07 Å². The topological polar surface area (TPSA) is 128 Å². The van der Waals surface area contributed by atoms with Crippen molar-refractivity contribution in [2.45, 2.75) is 32.3 Å². The van der Waals surface area contributed by atoms with Gasteiger partial charge in [-0.1, -0.05) is 12.1 Å². The number of primary amides is 1. The lowest BCUT2D eigenvalue weighted by Crippen LogP contribution is -2.40. The molecule has 0 aromatic heterocycles. The van der Waals surface area contributed by atoms with Crippen LogP contribution in [-0.2, 0) is 21.4 Å². The number of hydrogen-bond donors (Lipinski definition) is 2. The van der Waals surface area contributed by atoms with E-state index >= 15 is 0 Å². The molecule has 10 heteroatoms. The van der Waals surface area contributed by atoms with Crippen LogP contribution in [0.2, 0.25) is 0 Å². The second kappa shape index (κ2) is 10.2. The van der Waals surface area contributed by atoms with Gasteiger partial charge in [-0.05, 0) is 61.1 Å². The van der Waals surface area contributed by atoms with Gasteiger partial charge in [-0.25, -0.2) is 17.5 Å². The normalized spacial score (nSPS) is 18.5. The van der Waals surface area contributed by atoms with E-state index in [1.54, 1.807) is 41.6 Å². The molecule has 2 heterocycles. The predicted molar refractivity (Wildman–Crippen MR) is 132 cm³/mol. The Morgan fingerprint density at radius 2 is 1.83 bits per heavy atom. The quantitative estimate of drug-likeness (QED) is 0.532. The SMILES string of the molecule is CCS(=O)(=O)N1CCC(C2CNc3c(C(N)=O)cc(OCc4ccc(C(=O)OC)cc4)cc32)CC1. The van der Waals surface area contributed by atoms with Gasteiger partial charge in [0.25, 0.3) is 5.91 Å². The third-order valence-electron chi connectivity index (χ3n) is 6.91. The maximum absolute atomic E-state index is 12.2. The van der Waals surface area contributed by atoms with E-state index in [9.17, 15) is 18.0 Å². The Labute approximate surface area is 205 Å². The van der Waals surface area contributed by atoms with Crippen molar-refractivity contribution in [2.24, 2.45) is 11.7 Å². The van der Waals surface area contributed by atoms with Gasteiger partial charge in [0.15, 0.2) is 0 Å². The van der Waals surface area contributed by atoms with Gasteiger partial charge >= 0.3 is 5.97 Å². The van der Waals surface area contributed by atoms with Crippen molar-refractivity contribution in [1.82, 2.24) is 4.31 Å². The largest absolute Gasteiger partial charge is 0.489 e. The second-order valence-electron chi connectivity index (χ2n) is 8.90. The van der Waals surface area contributed by atoms with Crippen LogP contribution in [-0.4, -0.2) is 57.1 Å². The van der Waals surface area contributed by atoms with Crippen LogP contribution in [0, 0.1) is 5.92 Å². The molecule has 3 N–H and O–H groups in total. The Balaban J connectivity index is 1.51. The number of fused-ring (bicyclic) bond motifs is 1. The fourth-order valence-electron chi connectivity index (χ4n) is 4.91. The maximum Gasteiger partial charge on any atom is 0.337 e. The Bertz CT molecular complexity index is 1200. The molecular weight excluding hydrogens is 470 g/mol. The summed E-state index contributed by atoms with van der Waals surface area (Å²) in [6, 6.07) is 10.5. The smallest absolute Gasteiger partial charge is 0.337 e. The minimum atomic E-state index is -3.19. The molecule has 1 unspecified atom stereocenters. The van der Waals surface area contributed by atoms with E-state index in [4.69, 9.17) is 15.2 Å². The number of piperidine rings is 1. The van der Waals surface area contributed by atoms with Crippen molar-refractivity contribution >= 4 is 27.6 Å². The van der Waals surface area contributed by atoms with Crippen molar-refractivity contribution in [3.63, 3.8) is 0 Å². The van der Waals surface area contributed by atoms with Crippen molar-refractivity contribution in [1.29, 1.82) is 0 Å². The molecule has 0 saturated carbocycles. The van der Waals surface area contributed by atoms with Crippen LogP contribution < -0.4 is 15.8 Å². The fourth-order valence-corrected chi connectivity index (χ4v) is 6.04. The lowest BCUT2D eigenvalue weighted by molar-refractivity contribution is 0.0600. The monoisotopic (exact) mass is 501 g/mol. The first-order valence-corrected chi connectivity index (χ1v) is 13.3. The van der Waals surface area contributed by atoms with Crippen molar-refractivity contribution in [2.75, 3.05) is 37.8 Å². The number of carbonyl (C=O) groups excluding carboxylic acids is 2. The number of nitrogens with zero attached hydrogens (tertiary/aromatic N) is 1. The molecule has 0 aliphatic carbocycles. The standard InChI is InChI=1S/C25H31N3O6S/c1-3-35(31,32)28-10-8-17(9-11-28)22-14-27-23-20(22)12-19(13-21(23)24(26)29)34-15-16-4-6-18(7-5-16)25(30)33-2/h4-7,12-13,17,22,27H,3,8-11,14-15H2,1-2H3,(H2,26,29). The van der Waals surface area contributed by atoms with Gasteiger partial charge in [-0.2, -0.15) is 0 Å². The molecule has 1 amide bonds. The molecule has 1 fully saturated rings. The van der Waals surface area contributed by atoms with Gasteiger partial charge in [0.05, 0.1) is 29.7 Å². The molecule has 2 aliphatic heterocycles.